The van der Waals surface area contributed by atoms with Gasteiger partial charge in [-0.3, -0.25) is 24.2 Å². The average molecular weight is 512 g/mol. The van der Waals surface area contributed by atoms with Gasteiger partial charge in [0.05, 0.1) is 11.6 Å². The normalized spacial score (nSPS) is 32.0. The van der Waals surface area contributed by atoms with Crippen LogP contribution in [-0.2, 0) is 16.0 Å². The first kappa shape index (κ1) is 25.4. The number of carbonyl (C=O) groups excluding carboxylic acids is 3. The van der Waals surface area contributed by atoms with Gasteiger partial charge in [0, 0.05) is 17.5 Å². The van der Waals surface area contributed by atoms with E-state index in [1.165, 1.54) is 0 Å². The molecule has 6 N–H and O–H groups in total. The Morgan fingerprint density at radius 2 is 1.92 bits per heavy atom. The number of rotatable bonds is 4. The van der Waals surface area contributed by atoms with Gasteiger partial charge in [0.2, 0.25) is 5.78 Å². The molecular weight excluding hydrogens is 478 g/mol. The van der Waals surface area contributed by atoms with Gasteiger partial charge < -0.3 is 26.2 Å². The Bertz CT molecular complexity index is 1280. The first-order valence-electron chi connectivity index (χ1n) is 12.7. The summed E-state index contributed by atoms with van der Waals surface area (Å²) in [4.78, 5) is 42.9. The maximum absolute atomic E-state index is 13.7. The number of amides is 1. The third-order valence-corrected chi connectivity index (χ3v) is 8.71. The van der Waals surface area contributed by atoms with Crippen LogP contribution in [0, 0.1) is 11.8 Å². The topological polar surface area (TPSA) is 165 Å². The Morgan fingerprint density at radius 1 is 1.22 bits per heavy atom. The number of allylic oxidation sites excluding steroid dienone is 1. The van der Waals surface area contributed by atoms with Crippen molar-refractivity contribution >= 4 is 17.5 Å². The zero-order chi connectivity index (χ0) is 27.0. The van der Waals surface area contributed by atoms with Gasteiger partial charge >= 0.3 is 0 Å². The van der Waals surface area contributed by atoms with Crippen LogP contribution in [-0.4, -0.2) is 86.5 Å². The number of phenolic OH excluding ortho intramolecular Hbond substituents is 1. The molecule has 1 unspecified atom stereocenters. The number of aliphatic hydroxyl groups is 3. The predicted molar refractivity (Wildman–Crippen MR) is 133 cm³/mol. The molecule has 10 nitrogen and oxygen atoms in total. The van der Waals surface area contributed by atoms with E-state index in [1.807, 2.05) is 6.07 Å². The molecule has 5 rings (SSSR count). The van der Waals surface area contributed by atoms with Crippen LogP contribution in [0.2, 0.25) is 0 Å². The number of hydrogen-bond acceptors (Lipinski definition) is 9. The molecule has 3 aliphatic carbocycles. The molecule has 5 atom stereocenters. The van der Waals surface area contributed by atoms with Gasteiger partial charge in [-0.1, -0.05) is 13.0 Å². The molecule has 1 saturated heterocycles. The third kappa shape index (κ3) is 3.46. The summed E-state index contributed by atoms with van der Waals surface area (Å²) < 4.78 is 0. The lowest BCUT2D eigenvalue weighted by atomic mass is 9.58. The van der Waals surface area contributed by atoms with E-state index < -0.39 is 58.0 Å². The highest BCUT2D eigenvalue weighted by molar-refractivity contribution is 6.24. The number of Topliss-reactive ketones (excluding diaryl/α,β-unsaturated/α-hetero) is 2. The molecule has 1 aromatic carbocycles. The van der Waals surface area contributed by atoms with Crippen molar-refractivity contribution in [3.63, 3.8) is 0 Å². The fraction of sp³-hybridized carbons (Fsp3) is 0.519. The molecule has 1 heterocycles. The summed E-state index contributed by atoms with van der Waals surface area (Å²) >= 11 is 0. The van der Waals surface area contributed by atoms with E-state index in [9.17, 15) is 34.8 Å². The minimum Gasteiger partial charge on any atom is -0.510 e. The number of hydrogen-bond donors (Lipinski definition) is 5. The van der Waals surface area contributed by atoms with Crippen molar-refractivity contribution < 1.29 is 34.8 Å². The monoisotopic (exact) mass is 511 g/mol. The number of aliphatic hydroxyl groups excluding tert-OH is 2. The Labute approximate surface area is 214 Å². The fourth-order valence-corrected chi connectivity index (χ4v) is 7.08. The summed E-state index contributed by atoms with van der Waals surface area (Å²) in [5.41, 5.74) is 3.41. The number of carbonyl (C=O) groups is 3. The highest BCUT2D eigenvalue weighted by Gasteiger charge is 2.63. The quantitative estimate of drug-likeness (QED) is 0.374. The molecule has 1 amide bonds. The van der Waals surface area contributed by atoms with Gasteiger partial charge in [-0.05, 0) is 76.0 Å². The van der Waals surface area contributed by atoms with Crippen LogP contribution >= 0.6 is 0 Å². The molecule has 0 spiro atoms. The minimum atomic E-state index is -2.62. The molecule has 10 heteroatoms. The van der Waals surface area contributed by atoms with Crippen molar-refractivity contribution in [2.75, 3.05) is 27.2 Å². The van der Waals surface area contributed by atoms with Gasteiger partial charge in [0.25, 0.3) is 5.91 Å². The fourth-order valence-electron chi connectivity index (χ4n) is 7.08. The SMILES string of the molecule is CCN1CCCC1c1cc(O)c2c(c1)C[C@H]1C[C@H]3[C@H](N(C)C)C(O)=C(C(N)=O)C(=O)[C@@]3(O)C(O)=C1C2=O. The first-order chi connectivity index (χ1) is 17.4. The van der Waals surface area contributed by atoms with Crippen molar-refractivity contribution in [2.45, 2.75) is 50.3 Å². The summed E-state index contributed by atoms with van der Waals surface area (Å²) in [5, 5.41) is 44.7. The molecule has 0 aromatic heterocycles. The van der Waals surface area contributed by atoms with Crippen molar-refractivity contribution in [3.05, 3.63) is 51.5 Å². The second-order valence-corrected chi connectivity index (χ2v) is 10.8. The molecule has 1 aliphatic heterocycles. The van der Waals surface area contributed by atoms with E-state index in [4.69, 9.17) is 5.73 Å². The molecule has 1 aromatic rings. The van der Waals surface area contributed by atoms with E-state index in [2.05, 4.69) is 11.8 Å². The van der Waals surface area contributed by atoms with Gasteiger partial charge in [-0.25, -0.2) is 0 Å². The lowest BCUT2D eigenvalue weighted by Crippen LogP contribution is -2.63. The van der Waals surface area contributed by atoms with Crippen LogP contribution in [0.15, 0.2) is 34.8 Å². The Balaban J connectivity index is 1.64. The van der Waals surface area contributed by atoms with Gasteiger partial charge in [-0.15, -0.1) is 0 Å². The third-order valence-electron chi connectivity index (χ3n) is 8.71. The summed E-state index contributed by atoms with van der Waals surface area (Å²) in [5.74, 6) is -6.34. The van der Waals surface area contributed by atoms with Crippen molar-refractivity contribution in [1.29, 1.82) is 0 Å². The zero-order valence-electron chi connectivity index (χ0n) is 21.2. The minimum absolute atomic E-state index is 0.0468. The first-order valence-corrected chi connectivity index (χ1v) is 12.7. The number of aromatic hydroxyl groups is 1. The van der Waals surface area contributed by atoms with E-state index >= 15 is 0 Å². The van der Waals surface area contributed by atoms with Crippen LogP contribution in [0.1, 0.15) is 53.7 Å². The van der Waals surface area contributed by atoms with Crippen LogP contribution in [0.25, 0.3) is 0 Å². The Kier molecular flexibility index (Phi) is 5.97. The van der Waals surface area contributed by atoms with Crippen LogP contribution < -0.4 is 5.73 Å². The summed E-state index contributed by atoms with van der Waals surface area (Å²) in [6, 6.07) is 2.68. The number of nitrogens with two attached hydrogens (primary N) is 1. The van der Waals surface area contributed by atoms with E-state index in [0.29, 0.717) is 12.0 Å². The summed E-state index contributed by atoms with van der Waals surface area (Å²) in [6.45, 7) is 3.92. The Hall–Kier alpha value is -3.21. The van der Waals surface area contributed by atoms with Crippen molar-refractivity contribution in [2.24, 2.45) is 17.6 Å². The lowest BCUT2D eigenvalue weighted by Gasteiger charge is -2.50. The number of nitrogens with zero attached hydrogens (tertiary/aromatic N) is 2. The lowest BCUT2D eigenvalue weighted by molar-refractivity contribution is -0.148. The largest absolute Gasteiger partial charge is 0.510 e. The van der Waals surface area contributed by atoms with Crippen molar-refractivity contribution in [3.8, 4) is 5.75 Å². The molecule has 0 radical (unpaired) electrons. The van der Waals surface area contributed by atoms with Crippen LogP contribution in [0.3, 0.4) is 0 Å². The number of likely N-dealkylation sites (N-methyl/N-ethyl adjacent to an activating group) is 1. The summed E-state index contributed by atoms with van der Waals surface area (Å²) in [6.07, 6.45) is 2.38. The number of ketones is 2. The number of fused-ring (bicyclic) bond motifs is 3. The van der Waals surface area contributed by atoms with Gasteiger partial charge in [-0.2, -0.15) is 0 Å². The molecule has 0 bridgehead atoms. The second kappa shape index (κ2) is 8.68. The maximum atomic E-state index is 13.7. The van der Waals surface area contributed by atoms with Crippen LogP contribution in [0.5, 0.6) is 5.75 Å². The average Bonchev–Trinajstić information content (AvgIpc) is 3.29. The van der Waals surface area contributed by atoms with Gasteiger partial charge in [0.1, 0.15) is 22.8 Å². The highest BCUT2D eigenvalue weighted by atomic mass is 16.3. The van der Waals surface area contributed by atoms with E-state index in [1.54, 1.807) is 25.1 Å². The molecule has 0 saturated carbocycles. The maximum Gasteiger partial charge on any atom is 0.255 e. The number of benzene rings is 1. The number of phenols is 1. The smallest absolute Gasteiger partial charge is 0.255 e. The standard InChI is InChI=1S/C27H33N3O7/c1-4-30-7-5-6-16(30)12-8-13-9-14-10-15-21(29(2)3)23(33)20(26(28)36)25(35)27(15,37)24(34)19(14)22(32)18(13)17(31)11-12/h8,11,14-16,21,31,33-34,37H,4-7,9-10H2,1-3H3,(H2,28,36)/t14-,15-,16?,21-,27-/m0/s1. The molecule has 198 valence electrons. The van der Waals surface area contributed by atoms with Crippen LogP contribution in [0.4, 0.5) is 0 Å². The second-order valence-electron chi connectivity index (χ2n) is 10.8. The number of primary amides is 1. The van der Waals surface area contributed by atoms with E-state index in [0.717, 1.165) is 31.5 Å². The Morgan fingerprint density at radius 3 is 2.54 bits per heavy atom. The highest BCUT2D eigenvalue weighted by Crippen LogP contribution is 2.52. The summed E-state index contributed by atoms with van der Waals surface area (Å²) in [7, 11) is 3.22. The van der Waals surface area contributed by atoms with Gasteiger partial charge in [0.15, 0.2) is 11.4 Å². The molecular formula is C27H33N3O7. The molecule has 4 aliphatic rings. The zero-order valence-corrected chi connectivity index (χ0v) is 21.2. The number of likely N-dealkylation sites (tertiary alicyclic amines) is 1. The molecule has 37 heavy (non-hydrogen) atoms. The predicted octanol–water partition coefficient (Wildman–Crippen LogP) is 1.28. The van der Waals surface area contributed by atoms with E-state index in [-0.39, 0.29) is 29.3 Å². The van der Waals surface area contributed by atoms with Crippen molar-refractivity contribution in [1.82, 2.24) is 9.80 Å². The molecule has 1 fully saturated rings.